The molecule has 3 rings (SSSR count). The van der Waals surface area contributed by atoms with Crippen LogP contribution in [0.2, 0.25) is 0 Å². The van der Waals surface area contributed by atoms with Gasteiger partial charge in [0.15, 0.2) is 0 Å². The number of rotatable bonds is 4. The highest BCUT2D eigenvalue weighted by Crippen LogP contribution is 2.51. The molecule has 0 saturated heterocycles. The monoisotopic (exact) mass is 315 g/mol. The third-order valence-corrected chi connectivity index (χ3v) is 5.44. The Hall–Kier alpha value is -1.51. The van der Waals surface area contributed by atoms with E-state index in [1.807, 2.05) is 6.07 Å². The van der Waals surface area contributed by atoms with Gasteiger partial charge in [-0.3, -0.25) is 4.99 Å². The van der Waals surface area contributed by atoms with Crippen LogP contribution in [0.25, 0.3) is 0 Å². The van der Waals surface area contributed by atoms with Gasteiger partial charge in [0.1, 0.15) is 17.1 Å². The molecule has 2 heterocycles. The number of hydrogen-bond donors (Lipinski definition) is 1. The topological polar surface area (TPSA) is 41.8 Å². The first-order chi connectivity index (χ1) is 10.9. The molecule has 1 N–H and O–H groups in total. The molecule has 23 heavy (non-hydrogen) atoms. The predicted octanol–water partition coefficient (Wildman–Crippen LogP) is 4.86. The fourth-order valence-corrected chi connectivity index (χ4v) is 4.12. The summed E-state index contributed by atoms with van der Waals surface area (Å²) in [5.41, 5.74) is 3.13. The lowest BCUT2D eigenvalue weighted by Gasteiger charge is -2.46. The number of nitrogens with zero attached hydrogens (tertiary/aromatic N) is 1. The summed E-state index contributed by atoms with van der Waals surface area (Å²) in [5, 5.41) is 10.7. The van der Waals surface area contributed by atoms with Crippen molar-refractivity contribution in [3.8, 4) is 11.5 Å². The number of ether oxygens (including phenoxy) is 1. The van der Waals surface area contributed by atoms with Crippen LogP contribution in [0.15, 0.2) is 17.1 Å². The number of aromatic hydroxyl groups is 1. The van der Waals surface area contributed by atoms with Crippen LogP contribution in [0.5, 0.6) is 11.5 Å². The average Bonchev–Trinajstić information content (AvgIpc) is 2.46. The number of aliphatic imine (C=N–C) groups is 1. The van der Waals surface area contributed by atoms with Crippen LogP contribution in [0.4, 0.5) is 0 Å². The molecule has 3 heteroatoms. The van der Waals surface area contributed by atoms with Crippen molar-refractivity contribution in [3.05, 3.63) is 23.3 Å². The minimum atomic E-state index is -0.240. The SMILES string of the molecule is CCCCCc1cc(O)c2c(c1)OC(C)(C)C1CN=C(C)CC21. The van der Waals surface area contributed by atoms with Gasteiger partial charge in [0.05, 0.1) is 0 Å². The lowest BCUT2D eigenvalue weighted by atomic mass is 9.70. The number of fused-ring (bicyclic) bond motifs is 3. The minimum Gasteiger partial charge on any atom is -0.508 e. The van der Waals surface area contributed by atoms with Gasteiger partial charge in [-0.1, -0.05) is 19.8 Å². The highest BCUT2D eigenvalue weighted by molar-refractivity contribution is 5.84. The first-order valence-electron chi connectivity index (χ1n) is 8.97. The van der Waals surface area contributed by atoms with Gasteiger partial charge in [0.2, 0.25) is 0 Å². The largest absolute Gasteiger partial charge is 0.508 e. The molecule has 0 aliphatic carbocycles. The molecule has 0 bridgehead atoms. The second-order valence-electron chi connectivity index (χ2n) is 7.68. The van der Waals surface area contributed by atoms with E-state index in [4.69, 9.17) is 4.74 Å². The molecule has 2 aliphatic rings. The zero-order valence-electron chi connectivity index (χ0n) is 14.9. The maximum absolute atomic E-state index is 10.7. The van der Waals surface area contributed by atoms with Crippen molar-refractivity contribution >= 4 is 5.71 Å². The Bertz CT molecular complexity index is 618. The summed E-state index contributed by atoms with van der Waals surface area (Å²) in [6.45, 7) is 9.41. The van der Waals surface area contributed by atoms with Crippen molar-refractivity contribution in [3.63, 3.8) is 0 Å². The Morgan fingerprint density at radius 2 is 2.09 bits per heavy atom. The summed E-state index contributed by atoms with van der Waals surface area (Å²) in [4.78, 5) is 4.63. The molecule has 0 saturated carbocycles. The minimum absolute atomic E-state index is 0.240. The lowest BCUT2D eigenvalue weighted by Crippen LogP contribution is -2.48. The Morgan fingerprint density at radius 3 is 2.83 bits per heavy atom. The smallest absolute Gasteiger partial charge is 0.127 e. The van der Waals surface area contributed by atoms with Crippen molar-refractivity contribution in [2.45, 2.75) is 71.3 Å². The standard InChI is InChI=1S/C20H29NO2/c1-5-6-7-8-14-10-17(22)19-15-9-13(2)21-12-16(15)20(3,4)23-18(19)11-14/h10-11,15-16,22H,5-9,12H2,1-4H3. The highest BCUT2D eigenvalue weighted by atomic mass is 16.5. The third kappa shape index (κ3) is 3.11. The number of aryl methyl sites for hydroxylation is 1. The molecular formula is C20H29NO2. The van der Waals surface area contributed by atoms with Gasteiger partial charge in [-0.05, 0) is 57.7 Å². The second kappa shape index (κ2) is 6.18. The zero-order valence-corrected chi connectivity index (χ0v) is 14.9. The van der Waals surface area contributed by atoms with Gasteiger partial charge in [-0.15, -0.1) is 0 Å². The Morgan fingerprint density at radius 1 is 1.30 bits per heavy atom. The van der Waals surface area contributed by atoms with Crippen molar-refractivity contribution in [1.29, 1.82) is 0 Å². The summed E-state index contributed by atoms with van der Waals surface area (Å²) < 4.78 is 6.32. The van der Waals surface area contributed by atoms with Gasteiger partial charge < -0.3 is 9.84 Å². The van der Waals surface area contributed by atoms with Crippen LogP contribution in [0.1, 0.15) is 70.4 Å². The van der Waals surface area contributed by atoms with E-state index in [9.17, 15) is 5.11 Å². The average molecular weight is 315 g/mol. The summed E-state index contributed by atoms with van der Waals surface area (Å²) in [6.07, 6.45) is 5.53. The number of phenolic OH excluding ortho intramolecular Hbond substituents is 1. The molecule has 2 aliphatic heterocycles. The van der Waals surface area contributed by atoms with E-state index in [0.29, 0.717) is 17.6 Å². The number of benzene rings is 1. The van der Waals surface area contributed by atoms with Gasteiger partial charge in [-0.2, -0.15) is 0 Å². The number of phenols is 1. The Kier molecular flexibility index (Phi) is 4.39. The lowest BCUT2D eigenvalue weighted by molar-refractivity contribution is 0.0124. The molecule has 0 radical (unpaired) electrons. The maximum Gasteiger partial charge on any atom is 0.127 e. The van der Waals surface area contributed by atoms with E-state index < -0.39 is 0 Å². The van der Waals surface area contributed by atoms with E-state index in [2.05, 4.69) is 38.8 Å². The van der Waals surface area contributed by atoms with Gasteiger partial charge >= 0.3 is 0 Å². The molecule has 126 valence electrons. The van der Waals surface area contributed by atoms with E-state index in [-0.39, 0.29) is 5.60 Å². The van der Waals surface area contributed by atoms with E-state index in [1.54, 1.807) is 0 Å². The molecule has 1 aromatic carbocycles. The Balaban J connectivity index is 1.96. The quantitative estimate of drug-likeness (QED) is 0.806. The van der Waals surface area contributed by atoms with Crippen molar-refractivity contribution in [1.82, 2.24) is 0 Å². The molecule has 3 nitrogen and oxygen atoms in total. The van der Waals surface area contributed by atoms with Crippen LogP contribution >= 0.6 is 0 Å². The fraction of sp³-hybridized carbons (Fsp3) is 0.650. The molecular weight excluding hydrogens is 286 g/mol. The summed E-state index contributed by atoms with van der Waals surface area (Å²) >= 11 is 0. The Labute approximate surface area is 139 Å². The van der Waals surface area contributed by atoms with Crippen molar-refractivity contribution in [2.75, 3.05) is 6.54 Å². The van der Waals surface area contributed by atoms with Crippen LogP contribution in [-0.4, -0.2) is 23.0 Å². The summed E-state index contributed by atoms with van der Waals surface area (Å²) in [6, 6.07) is 4.11. The molecule has 2 unspecified atom stereocenters. The first kappa shape index (κ1) is 16.4. The van der Waals surface area contributed by atoms with Crippen molar-refractivity contribution < 1.29 is 9.84 Å². The van der Waals surface area contributed by atoms with E-state index >= 15 is 0 Å². The fourth-order valence-electron chi connectivity index (χ4n) is 4.12. The number of hydrogen-bond acceptors (Lipinski definition) is 3. The normalized spacial score (nSPS) is 25.1. The van der Waals surface area contributed by atoms with Gasteiger partial charge in [0, 0.05) is 29.7 Å². The second-order valence-corrected chi connectivity index (χ2v) is 7.68. The van der Waals surface area contributed by atoms with Gasteiger partial charge in [-0.25, -0.2) is 0 Å². The molecule has 0 aromatic heterocycles. The van der Waals surface area contributed by atoms with Crippen molar-refractivity contribution in [2.24, 2.45) is 10.9 Å². The molecule has 0 spiro atoms. The highest BCUT2D eigenvalue weighted by Gasteiger charge is 2.46. The first-order valence-corrected chi connectivity index (χ1v) is 8.97. The predicted molar refractivity (Wildman–Crippen MR) is 94.9 cm³/mol. The molecule has 0 amide bonds. The van der Waals surface area contributed by atoms with Crippen LogP contribution in [0, 0.1) is 5.92 Å². The summed E-state index contributed by atoms with van der Waals surface area (Å²) in [5.74, 6) is 1.94. The molecule has 1 aromatic rings. The van der Waals surface area contributed by atoms with Crippen LogP contribution in [-0.2, 0) is 6.42 Å². The van der Waals surface area contributed by atoms with E-state index in [1.165, 1.54) is 24.1 Å². The summed E-state index contributed by atoms with van der Waals surface area (Å²) in [7, 11) is 0. The van der Waals surface area contributed by atoms with E-state index in [0.717, 1.165) is 37.1 Å². The van der Waals surface area contributed by atoms with Gasteiger partial charge in [0.25, 0.3) is 0 Å². The molecule has 2 atom stereocenters. The van der Waals surface area contributed by atoms with Crippen LogP contribution < -0.4 is 4.74 Å². The number of unbranched alkanes of at least 4 members (excludes halogenated alkanes) is 2. The maximum atomic E-state index is 10.7. The molecule has 0 fully saturated rings. The van der Waals surface area contributed by atoms with Crippen LogP contribution in [0.3, 0.4) is 0 Å². The third-order valence-electron chi connectivity index (χ3n) is 5.44. The zero-order chi connectivity index (χ0) is 16.6.